The van der Waals surface area contributed by atoms with Crippen molar-refractivity contribution in [3.63, 3.8) is 0 Å². The summed E-state index contributed by atoms with van der Waals surface area (Å²) < 4.78 is 15.8. The van der Waals surface area contributed by atoms with E-state index in [1.165, 1.54) is 7.11 Å². The van der Waals surface area contributed by atoms with Crippen molar-refractivity contribution < 1.29 is 19.0 Å². The van der Waals surface area contributed by atoms with Crippen LogP contribution in [0.1, 0.15) is 24.2 Å². The summed E-state index contributed by atoms with van der Waals surface area (Å²) in [5.74, 6) is 0. The van der Waals surface area contributed by atoms with Crippen molar-refractivity contribution in [3.05, 3.63) is 71.8 Å². The van der Waals surface area contributed by atoms with E-state index in [2.05, 4.69) is 4.74 Å². The van der Waals surface area contributed by atoms with Crippen LogP contribution in [-0.4, -0.2) is 19.4 Å². The highest BCUT2D eigenvalue weighted by Crippen LogP contribution is 2.24. The van der Waals surface area contributed by atoms with E-state index >= 15 is 0 Å². The minimum atomic E-state index is -0.719. The predicted octanol–water partition coefficient (Wildman–Crippen LogP) is 4.12. The van der Waals surface area contributed by atoms with E-state index in [-0.39, 0.29) is 6.10 Å². The highest BCUT2D eigenvalue weighted by Gasteiger charge is 2.24. The summed E-state index contributed by atoms with van der Waals surface area (Å²) in [6, 6.07) is 19.4. The molecule has 0 aliphatic heterocycles. The second-order valence-electron chi connectivity index (χ2n) is 4.90. The van der Waals surface area contributed by atoms with Crippen molar-refractivity contribution >= 4 is 6.16 Å². The zero-order valence-electron chi connectivity index (χ0n) is 12.8. The number of benzene rings is 2. The van der Waals surface area contributed by atoms with Gasteiger partial charge in [-0.05, 0) is 18.1 Å². The molecule has 2 rings (SSSR count). The van der Waals surface area contributed by atoms with Gasteiger partial charge in [-0.2, -0.15) is 0 Å². The average Bonchev–Trinajstić information content (AvgIpc) is 2.59. The third-order valence-electron chi connectivity index (χ3n) is 3.30. The van der Waals surface area contributed by atoms with Gasteiger partial charge in [-0.25, -0.2) is 4.79 Å². The van der Waals surface area contributed by atoms with E-state index in [0.29, 0.717) is 6.61 Å². The number of hydrogen-bond acceptors (Lipinski definition) is 4. The van der Waals surface area contributed by atoms with Crippen LogP contribution in [0.5, 0.6) is 0 Å². The fraction of sp³-hybridized carbons (Fsp3) is 0.278. The molecule has 0 fully saturated rings. The van der Waals surface area contributed by atoms with Crippen molar-refractivity contribution in [2.24, 2.45) is 0 Å². The Morgan fingerprint density at radius 1 is 1.00 bits per heavy atom. The molecule has 0 bridgehead atoms. The molecule has 0 aliphatic carbocycles. The fourth-order valence-corrected chi connectivity index (χ4v) is 2.12. The molecule has 2 aromatic rings. The maximum atomic E-state index is 11.5. The maximum Gasteiger partial charge on any atom is 0.508 e. The van der Waals surface area contributed by atoms with Crippen LogP contribution in [0.2, 0.25) is 0 Å². The highest BCUT2D eigenvalue weighted by atomic mass is 16.7. The van der Waals surface area contributed by atoms with Gasteiger partial charge in [0.25, 0.3) is 0 Å². The van der Waals surface area contributed by atoms with Gasteiger partial charge in [-0.15, -0.1) is 0 Å². The van der Waals surface area contributed by atoms with Crippen LogP contribution in [0, 0.1) is 0 Å². The molecule has 0 radical (unpaired) electrons. The first-order chi connectivity index (χ1) is 10.7. The molecular formula is C18H20O4. The molecule has 22 heavy (non-hydrogen) atoms. The van der Waals surface area contributed by atoms with Crippen molar-refractivity contribution in [3.8, 4) is 0 Å². The summed E-state index contributed by atoms with van der Waals surface area (Å²) in [6.07, 6.45) is -1.54. The second kappa shape index (κ2) is 8.20. The zero-order chi connectivity index (χ0) is 15.8. The Morgan fingerprint density at radius 3 is 2.18 bits per heavy atom. The van der Waals surface area contributed by atoms with Crippen molar-refractivity contribution in [1.29, 1.82) is 0 Å². The molecule has 0 saturated heterocycles. The molecule has 0 N–H and O–H groups in total. The Hall–Kier alpha value is -2.33. The Balaban J connectivity index is 2.05. The van der Waals surface area contributed by atoms with Crippen LogP contribution in [0.4, 0.5) is 4.79 Å². The lowest BCUT2D eigenvalue weighted by atomic mass is 10.1. The van der Waals surface area contributed by atoms with Crippen LogP contribution in [-0.2, 0) is 20.8 Å². The SMILES string of the molecule is COC(=O)OC(c1ccccc1)C(C)OCc1ccccc1. The van der Waals surface area contributed by atoms with Crippen LogP contribution < -0.4 is 0 Å². The summed E-state index contributed by atoms with van der Waals surface area (Å²) in [6.45, 7) is 2.33. The normalized spacial score (nSPS) is 13.2. The lowest BCUT2D eigenvalue weighted by Gasteiger charge is -2.24. The summed E-state index contributed by atoms with van der Waals surface area (Å²) in [4.78, 5) is 11.5. The van der Waals surface area contributed by atoms with Crippen molar-refractivity contribution in [2.75, 3.05) is 7.11 Å². The molecule has 2 atom stereocenters. The molecule has 0 aromatic heterocycles. The van der Waals surface area contributed by atoms with Gasteiger partial charge in [0.2, 0.25) is 0 Å². The molecular weight excluding hydrogens is 280 g/mol. The average molecular weight is 300 g/mol. The topological polar surface area (TPSA) is 44.8 Å². The third-order valence-corrected chi connectivity index (χ3v) is 3.30. The van der Waals surface area contributed by atoms with Crippen molar-refractivity contribution in [1.82, 2.24) is 0 Å². The fourth-order valence-electron chi connectivity index (χ4n) is 2.12. The zero-order valence-corrected chi connectivity index (χ0v) is 12.8. The monoisotopic (exact) mass is 300 g/mol. The number of rotatable bonds is 6. The lowest BCUT2D eigenvalue weighted by molar-refractivity contribution is -0.0597. The van der Waals surface area contributed by atoms with Crippen LogP contribution in [0.3, 0.4) is 0 Å². The number of methoxy groups -OCH3 is 1. The first-order valence-electron chi connectivity index (χ1n) is 7.15. The minimum absolute atomic E-state index is 0.304. The Kier molecular flexibility index (Phi) is 5.98. The smallest absolute Gasteiger partial charge is 0.438 e. The van der Waals surface area contributed by atoms with Crippen molar-refractivity contribution in [2.45, 2.75) is 25.7 Å². The highest BCUT2D eigenvalue weighted by molar-refractivity contribution is 5.60. The van der Waals surface area contributed by atoms with Crippen LogP contribution >= 0.6 is 0 Å². The van der Waals surface area contributed by atoms with E-state index in [1.807, 2.05) is 67.6 Å². The molecule has 4 heteroatoms. The number of ether oxygens (including phenoxy) is 3. The van der Waals surface area contributed by atoms with Gasteiger partial charge in [-0.3, -0.25) is 0 Å². The molecule has 2 aromatic carbocycles. The van der Waals surface area contributed by atoms with Crippen LogP contribution in [0.25, 0.3) is 0 Å². The van der Waals surface area contributed by atoms with Gasteiger partial charge < -0.3 is 14.2 Å². The van der Waals surface area contributed by atoms with E-state index < -0.39 is 12.3 Å². The summed E-state index contributed by atoms with van der Waals surface area (Å²) >= 11 is 0. The van der Waals surface area contributed by atoms with Gasteiger partial charge in [0.05, 0.1) is 19.8 Å². The van der Waals surface area contributed by atoms with E-state index in [4.69, 9.17) is 9.47 Å². The first-order valence-corrected chi connectivity index (χ1v) is 7.15. The Labute approximate surface area is 130 Å². The summed E-state index contributed by atoms with van der Waals surface area (Å²) in [5.41, 5.74) is 1.94. The van der Waals surface area contributed by atoms with E-state index in [9.17, 15) is 4.79 Å². The Morgan fingerprint density at radius 2 is 1.59 bits per heavy atom. The first kappa shape index (κ1) is 16.0. The molecule has 2 unspecified atom stereocenters. The largest absolute Gasteiger partial charge is 0.508 e. The molecule has 0 saturated carbocycles. The van der Waals surface area contributed by atoms with E-state index in [1.54, 1.807) is 0 Å². The molecule has 0 heterocycles. The predicted molar refractivity (Wildman–Crippen MR) is 83.4 cm³/mol. The minimum Gasteiger partial charge on any atom is -0.438 e. The van der Waals surface area contributed by atoms with Gasteiger partial charge in [0, 0.05) is 0 Å². The molecule has 0 amide bonds. The molecule has 0 aliphatic rings. The summed E-state index contributed by atoms with van der Waals surface area (Å²) in [7, 11) is 1.29. The second-order valence-corrected chi connectivity index (χ2v) is 4.90. The maximum absolute atomic E-state index is 11.5. The van der Waals surface area contributed by atoms with Gasteiger partial charge in [-0.1, -0.05) is 60.7 Å². The van der Waals surface area contributed by atoms with Gasteiger partial charge in [0.1, 0.15) is 0 Å². The lowest BCUT2D eigenvalue weighted by Crippen LogP contribution is -2.24. The molecule has 4 nitrogen and oxygen atoms in total. The van der Waals surface area contributed by atoms with Crippen LogP contribution in [0.15, 0.2) is 60.7 Å². The van der Waals surface area contributed by atoms with Gasteiger partial charge >= 0.3 is 6.16 Å². The van der Waals surface area contributed by atoms with E-state index in [0.717, 1.165) is 11.1 Å². The standard InChI is InChI=1S/C18H20O4/c1-14(21-13-15-9-5-3-6-10-15)17(22-18(19)20-2)16-11-7-4-8-12-16/h3-12,14,17H,13H2,1-2H3. The Bertz CT molecular complexity index is 568. The third kappa shape index (κ3) is 4.60. The number of carbonyl (C=O) groups excluding carboxylic acids is 1. The summed E-state index contributed by atoms with van der Waals surface area (Å²) in [5, 5.41) is 0. The quantitative estimate of drug-likeness (QED) is 0.753. The number of carbonyl (C=O) groups is 1. The van der Waals surface area contributed by atoms with Gasteiger partial charge in [0.15, 0.2) is 6.10 Å². The number of hydrogen-bond donors (Lipinski definition) is 0. The molecule has 0 spiro atoms. The molecule has 116 valence electrons.